The van der Waals surface area contributed by atoms with Crippen LogP contribution in [0.2, 0.25) is 5.02 Å². The summed E-state index contributed by atoms with van der Waals surface area (Å²) in [5, 5.41) is 8.30. The number of aryl methyl sites for hydroxylation is 1. The van der Waals surface area contributed by atoms with Crippen LogP contribution in [0, 0.1) is 0 Å². The maximum absolute atomic E-state index is 6.11. The third kappa shape index (κ3) is 4.81. The van der Waals surface area contributed by atoms with Gasteiger partial charge in [0.15, 0.2) is 0 Å². The first-order chi connectivity index (χ1) is 10.2. The van der Waals surface area contributed by atoms with Gasteiger partial charge in [-0.15, -0.1) is 0 Å². The first-order valence-corrected chi connectivity index (χ1v) is 7.36. The molecule has 6 heteroatoms. The van der Waals surface area contributed by atoms with Gasteiger partial charge in [0.25, 0.3) is 0 Å². The van der Waals surface area contributed by atoms with E-state index >= 15 is 0 Å². The molecule has 1 heterocycles. The number of nitrogens with one attached hydrogen (secondary N) is 1. The molecule has 1 N–H and O–H groups in total. The fourth-order valence-electron chi connectivity index (χ4n) is 2.24. The van der Waals surface area contributed by atoms with Crippen molar-refractivity contribution in [3.63, 3.8) is 0 Å². The second-order valence-electron chi connectivity index (χ2n) is 4.95. The highest BCUT2D eigenvalue weighted by Crippen LogP contribution is 2.22. The van der Waals surface area contributed by atoms with Gasteiger partial charge < -0.3 is 10.1 Å². The molecule has 21 heavy (non-hydrogen) atoms. The Morgan fingerprint density at radius 2 is 2.29 bits per heavy atom. The fraction of sp³-hybridized carbons (Fsp3) is 0.467. The number of benzene rings is 1. The molecule has 1 aromatic carbocycles. The predicted octanol–water partition coefficient (Wildman–Crippen LogP) is 2.03. The Kier molecular flexibility index (Phi) is 6.17. The number of ether oxygens (including phenoxy) is 1. The molecule has 0 spiro atoms. The molecule has 2 aromatic rings. The Morgan fingerprint density at radius 3 is 2.95 bits per heavy atom. The average molecular weight is 309 g/mol. The molecule has 0 fully saturated rings. The summed E-state index contributed by atoms with van der Waals surface area (Å²) in [5.41, 5.74) is 1.20. The van der Waals surface area contributed by atoms with Gasteiger partial charge in [-0.3, -0.25) is 4.68 Å². The SMILES string of the molecule is COCCNCC(Cc1ncnn1C)c1cccc(Cl)c1. The lowest BCUT2D eigenvalue weighted by molar-refractivity contribution is 0.199. The van der Waals surface area contributed by atoms with E-state index in [0.29, 0.717) is 12.5 Å². The summed E-state index contributed by atoms with van der Waals surface area (Å²) in [6.45, 7) is 2.37. The van der Waals surface area contributed by atoms with Crippen molar-refractivity contribution in [2.45, 2.75) is 12.3 Å². The maximum Gasteiger partial charge on any atom is 0.138 e. The van der Waals surface area contributed by atoms with E-state index in [1.54, 1.807) is 13.4 Å². The van der Waals surface area contributed by atoms with Crippen molar-refractivity contribution in [2.24, 2.45) is 7.05 Å². The van der Waals surface area contributed by atoms with Crippen LogP contribution in [0.1, 0.15) is 17.3 Å². The van der Waals surface area contributed by atoms with E-state index in [0.717, 1.165) is 30.4 Å². The molecule has 0 aliphatic rings. The molecule has 0 aliphatic heterocycles. The highest BCUT2D eigenvalue weighted by molar-refractivity contribution is 6.30. The van der Waals surface area contributed by atoms with Crippen molar-refractivity contribution in [2.75, 3.05) is 26.8 Å². The second kappa shape index (κ2) is 8.12. The van der Waals surface area contributed by atoms with Gasteiger partial charge in [-0.2, -0.15) is 5.10 Å². The van der Waals surface area contributed by atoms with Crippen molar-refractivity contribution >= 4 is 11.6 Å². The highest BCUT2D eigenvalue weighted by atomic mass is 35.5. The van der Waals surface area contributed by atoms with Crippen LogP contribution in [-0.2, 0) is 18.2 Å². The molecular weight excluding hydrogens is 288 g/mol. The summed E-state index contributed by atoms with van der Waals surface area (Å²) in [6, 6.07) is 7.99. The number of rotatable bonds is 8. The highest BCUT2D eigenvalue weighted by Gasteiger charge is 2.15. The fourth-order valence-corrected chi connectivity index (χ4v) is 2.44. The van der Waals surface area contributed by atoms with Gasteiger partial charge in [0, 0.05) is 44.6 Å². The maximum atomic E-state index is 6.11. The van der Waals surface area contributed by atoms with Crippen LogP contribution in [0.25, 0.3) is 0 Å². The Bertz CT molecular complexity index is 558. The van der Waals surface area contributed by atoms with Gasteiger partial charge in [-0.25, -0.2) is 4.98 Å². The average Bonchev–Trinajstić information content (AvgIpc) is 2.87. The first-order valence-electron chi connectivity index (χ1n) is 6.98. The largest absolute Gasteiger partial charge is 0.383 e. The van der Waals surface area contributed by atoms with Crippen LogP contribution in [0.15, 0.2) is 30.6 Å². The van der Waals surface area contributed by atoms with Crippen LogP contribution in [0.4, 0.5) is 0 Å². The predicted molar refractivity (Wildman–Crippen MR) is 83.6 cm³/mol. The van der Waals surface area contributed by atoms with Gasteiger partial charge in [0.05, 0.1) is 6.61 Å². The second-order valence-corrected chi connectivity index (χ2v) is 5.39. The van der Waals surface area contributed by atoms with E-state index in [1.807, 2.05) is 29.9 Å². The number of nitrogens with zero attached hydrogens (tertiary/aromatic N) is 3. The number of hydrogen-bond donors (Lipinski definition) is 1. The molecule has 1 unspecified atom stereocenters. The standard InChI is InChI=1S/C15H21ClN4O/c1-20-15(18-11-19-20)9-13(10-17-6-7-21-2)12-4-3-5-14(16)8-12/h3-5,8,11,13,17H,6-7,9-10H2,1-2H3. The molecule has 0 saturated heterocycles. The van der Waals surface area contributed by atoms with Crippen molar-refractivity contribution in [1.82, 2.24) is 20.1 Å². The minimum absolute atomic E-state index is 0.295. The molecule has 1 aromatic heterocycles. The molecule has 114 valence electrons. The van der Waals surface area contributed by atoms with Crippen LogP contribution in [-0.4, -0.2) is 41.6 Å². The topological polar surface area (TPSA) is 52.0 Å². The molecule has 1 atom stereocenters. The smallest absolute Gasteiger partial charge is 0.138 e. The minimum Gasteiger partial charge on any atom is -0.383 e. The van der Waals surface area contributed by atoms with Crippen molar-refractivity contribution < 1.29 is 4.74 Å². The van der Waals surface area contributed by atoms with Crippen molar-refractivity contribution in [1.29, 1.82) is 0 Å². The molecule has 2 rings (SSSR count). The third-order valence-electron chi connectivity index (χ3n) is 3.43. The van der Waals surface area contributed by atoms with Crippen molar-refractivity contribution in [3.05, 3.63) is 47.0 Å². The van der Waals surface area contributed by atoms with Crippen LogP contribution in [0.3, 0.4) is 0 Å². The van der Waals surface area contributed by atoms with Crippen LogP contribution in [0.5, 0.6) is 0 Å². The van der Waals surface area contributed by atoms with Gasteiger partial charge in [-0.1, -0.05) is 23.7 Å². The molecule has 0 aliphatic carbocycles. The zero-order chi connectivity index (χ0) is 15.1. The number of methoxy groups -OCH3 is 1. The summed E-state index contributed by atoms with van der Waals surface area (Å²) >= 11 is 6.11. The Morgan fingerprint density at radius 1 is 1.43 bits per heavy atom. The van der Waals surface area contributed by atoms with E-state index in [9.17, 15) is 0 Å². The van der Waals surface area contributed by atoms with Gasteiger partial charge in [-0.05, 0) is 17.7 Å². The number of halogens is 1. The summed E-state index contributed by atoms with van der Waals surface area (Å²) in [5.74, 6) is 1.26. The molecule has 0 saturated carbocycles. The molecular formula is C15H21ClN4O. The quantitative estimate of drug-likeness (QED) is 0.758. The lowest BCUT2D eigenvalue weighted by Crippen LogP contribution is -2.26. The van der Waals surface area contributed by atoms with E-state index in [1.165, 1.54) is 5.56 Å². The molecule has 5 nitrogen and oxygen atoms in total. The summed E-state index contributed by atoms with van der Waals surface area (Å²) < 4.78 is 6.88. The monoisotopic (exact) mass is 308 g/mol. The van der Waals surface area contributed by atoms with Crippen LogP contribution < -0.4 is 5.32 Å². The van der Waals surface area contributed by atoms with E-state index in [4.69, 9.17) is 16.3 Å². The van der Waals surface area contributed by atoms with E-state index < -0.39 is 0 Å². The zero-order valence-electron chi connectivity index (χ0n) is 12.4. The first kappa shape index (κ1) is 15.9. The summed E-state index contributed by atoms with van der Waals surface area (Å²) in [6.07, 6.45) is 2.40. The lowest BCUT2D eigenvalue weighted by atomic mass is 9.95. The van der Waals surface area contributed by atoms with Gasteiger partial charge in [0.1, 0.15) is 12.2 Å². The molecule has 0 bridgehead atoms. The number of hydrogen-bond acceptors (Lipinski definition) is 4. The normalized spacial score (nSPS) is 12.5. The van der Waals surface area contributed by atoms with Gasteiger partial charge in [0.2, 0.25) is 0 Å². The summed E-state index contributed by atoms with van der Waals surface area (Å²) in [7, 11) is 3.62. The van der Waals surface area contributed by atoms with E-state index in [2.05, 4.69) is 21.5 Å². The number of aromatic nitrogens is 3. The summed E-state index contributed by atoms with van der Waals surface area (Å²) in [4.78, 5) is 4.31. The molecule has 0 radical (unpaired) electrons. The third-order valence-corrected chi connectivity index (χ3v) is 3.66. The Labute approximate surface area is 130 Å². The van der Waals surface area contributed by atoms with Crippen LogP contribution >= 0.6 is 11.6 Å². The molecule has 0 amide bonds. The van der Waals surface area contributed by atoms with Gasteiger partial charge >= 0.3 is 0 Å². The Balaban J connectivity index is 2.08. The lowest BCUT2D eigenvalue weighted by Gasteiger charge is -2.18. The minimum atomic E-state index is 0.295. The van der Waals surface area contributed by atoms with E-state index in [-0.39, 0.29) is 0 Å². The van der Waals surface area contributed by atoms with Crippen molar-refractivity contribution in [3.8, 4) is 0 Å². The zero-order valence-corrected chi connectivity index (χ0v) is 13.2. The Hall–Kier alpha value is -1.43.